The Morgan fingerprint density at radius 3 is 2.42 bits per heavy atom. The Bertz CT molecular complexity index is 2080. The summed E-state index contributed by atoms with van der Waals surface area (Å²) in [5, 5.41) is 1.02. The minimum Gasteiger partial charge on any atom is -0.493 e. The Hall–Kier alpha value is -3.77. The Morgan fingerprint density at radius 1 is 0.979 bits per heavy atom. The van der Waals surface area contributed by atoms with Gasteiger partial charge in [-0.3, -0.25) is 9.36 Å². The van der Waals surface area contributed by atoms with E-state index in [1.165, 1.54) is 23.0 Å². The Labute approximate surface area is 300 Å². The van der Waals surface area contributed by atoms with Crippen LogP contribution in [-0.4, -0.2) is 37.5 Å². The van der Waals surface area contributed by atoms with Crippen LogP contribution in [0, 0.1) is 0 Å². The SMILES string of the molecule is CCOC(=O)C1=C(C)N=c2s/c(=C\c3cc(Br)c(OCc4ccc(Cl)cc4Cl)c(OC)c3)c(=O)n2[C@@H]1c1ccc(OCC)c(OCC)c1. The molecule has 0 amide bonds. The maximum absolute atomic E-state index is 14.2. The van der Waals surface area contributed by atoms with Crippen LogP contribution in [0.1, 0.15) is 50.4 Å². The predicted molar refractivity (Wildman–Crippen MR) is 191 cm³/mol. The molecule has 3 aromatic carbocycles. The van der Waals surface area contributed by atoms with Crippen molar-refractivity contribution >= 4 is 62.5 Å². The molecular weight excluding hydrogens is 743 g/mol. The Morgan fingerprint density at radius 2 is 1.73 bits per heavy atom. The standard InChI is InChI=1S/C35H33BrCl2N2O7S/c1-6-44-26-12-10-21(16-27(26)45-7-2)31-30(34(42)46-8-3)19(4)39-35-40(31)33(41)29(48-35)15-20-13-24(36)32(28(14-20)43-5)47-18-22-9-11-23(37)17-25(22)38/h9-17,31H,6-8,18H2,1-5H3/b29-15-/t31-/m1/s1. The molecule has 0 unspecified atom stereocenters. The fourth-order valence-electron chi connectivity index (χ4n) is 5.25. The third-order valence-electron chi connectivity index (χ3n) is 7.34. The highest BCUT2D eigenvalue weighted by Gasteiger charge is 2.34. The van der Waals surface area contributed by atoms with E-state index in [9.17, 15) is 9.59 Å². The maximum atomic E-state index is 14.2. The van der Waals surface area contributed by atoms with Crippen LogP contribution in [0.2, 0.25) is 10.0 Å². The van der Waals surface area contributed by atoms with Gasteiger partial charge in [-0.1, -0.05) is 46.7 Å². The lowest BCUT2D eigenvalue weighted by molar-refractivity contribution is -0.139. The summed E-state index contributed by atoms with van der Waals surface area (Å²) in [6.45, 7) is 8.45. The topological polar surface area (TPSA) is 97.6 Å². The van der Waals surface area contributed by atoms with Crippen LogP contribution in [-0.2, 0) is 16.1 Å². The van der Waals surface area contributed by atoms with Gasteiger partial charge in [0.1, 0.15) is 6.61 Å². The first-order chi connectivity index (χ1) is 23.1. The molecular formula is C35H33BrCl2N2O7S. The van der Waals surface area contributed by atoms with Crippen molar-refractivity contribution < 1.29 is 28.5 Å². The summed E-state index contributed by atoms with van der Waals surface area (Å²) < 4.78 is 31.4. The number of hydrogen-bond acceptors (Lipinski definition) is 9. The first kappa shape index (κ1) is 35.5. The molecule has 2 heterocycles. The second-order valence-electron chi connectivity index (χ2n) is 10.4. The lowest BCUT2D eigenvalue weighted by Crippen LogP contribution is -2.40. The van der Waals surface area contributed by atoms with Gasteiger partial charge < -0.3 is 23.7 Å². The van der Waals surface area contributed by atoms with E-state index in [0.717, 1.165) is 5.56 Å². The molecule has 1 aromatic heterocycles. The molecule has 9 nitrogen and oxygen atoms in total. The number of hydrogen-bond donors (Lipinski definition) is 0. The Kier molecular flexibility index (Phi) is 11.6. The zero-order valence-electron chi connectivity index (χ0n) is 26.9. The number of thiazole rings is 1. The summed E-state index contributed by atoms with van der Waals surface area (Å²) in [6, 6.07) is 13.4. The van der Waals surface area contributed by atoms with Gasteiger partial charge in [-0.15, -0.1) is 0 Å². The molecule has 0 saturated heterocycles. The summed E-state index contributed by atoms with van der Waals surface area (Å²) in [7, 11) is 1.54. The molecule has 0 radical (unpaired) electrons. The van der Waals surface area contributed by atoms with Crippen molar-refractivity contribution in [3.05, 3.63) is 111 Å². The number of benzene rings is 3. The van der Waals surface area contributed by atoms with Gasteiger partial charge in [0.15, 0.2) is 27.8 Å². The second-order valence-corrected chi connectivity index (χ2v) is 13.1. The summed E-state index contributed by atoms with van der Waals surface area (Å²) in [5.41, 5.74) is 2.50. The number of fused-ring (bicyclic) bond motifs is 1. The number of rotatable bonds is 12. The number of halogens is 3. The number of allylic oxidation sites excluding steroid dienone is 1. The van der Waals surface area contributed by atoms with Crippen molar-refractivity contribution in [2.75, 3.05) is 26.9 Å². The number of nitrogens with zero attached hydrogens (tertiary/aromatic N) is 2. The van der Waals surface area contributed by atoms with Gasteiger partial charge >= 0.3 is 5.97 Å². The van der Waals surface area contributed by atoms with E-state index in [0.29, 0.717) is 76.9 Å². The summed E-state index contributed by atoms with van der Waals surface area (Å²) in [6.07, 6.45) is 1.75. The predicted octanol–water partition coefficient (Wildman–Crippen LogP) is 7.25. The van der Waals surface area contributed by atoms with Gasteiger partial charge in [-0.05, 0) is 97.2 Å². The third kappa shape index (κ3) is 7.44. The molecule has 0 aliphatic carbocycles. The number of aromatic nitrogens is 1. The lowest BCUT2D eigenvalue weighted by atomic mass is 9.95. The smallest absolute Gasteiger partial charge is 0.338 e. The molecule has 0 N–H and O–H groups in total. The van der Waals surface area contributed by atoms with E-state index in [2.05, 4.69) is 20.9 Å². The minimum atomic E-state index is -0.811. The monoisotopic (exact) mass is 774 g/mol. The number of carbonyl (C=O) groups excluding carboxylic acids is 1. The molecule has 48 heavy (non-hydrogen) atoms. The second kappa shape index (κ2) is 15.6. The van der Waals surface area contributed by atoms with E-state index >= 15 is 0 Å². The van der Waals surface area contributed by atoms with Crippen molar-refractivity contribution in [3.63, 3.8) is 0 Å². The van der Waals surface area contributed by atoms with Crippen LogP contribution in [0.15, 0.2) is 74.1 Å². The van der Waals surface area contributed by atoms with Crippen molar-refractivity contribution in [1.29, 1.82) is 0 Å². The fraction of sp³-hybridized carbons (Fsp3) is 0.286. The molecule has 0 bridgehead atoms. The van der Waals surface area contributed by atoms with Gasteiger partial charge in [0.2, 0.25) is 0 Å². The molecule has 0 fully saturated rings. The van der Waals surface area contributed by atoms with E-state index < -0.39 is 12.0 Å². The first-order valence-electron chi connectivity index (χ1n) is 15.1. The molecule has 252 valence electrons. The van der Waals surface area contributed by atoms with Gasteiger partial charge in [0.05, 0.1) is 53.2 Å². The fourth-order valence-corrected chi connectivity index (χ4v) is 7.33. The minimum absolute atomic E-state index is 0.170. The van der Waals surface area contributed by atoms with Gasteiger partial charge in [-0.25, -0.2) is 9.79 Å². The van der Waals surface area contributed by atoms with Crippen molar-refractivity contribution in [3.8, 4) is 23.0 Å². The zero-order valence-corrected chi connectivity index (χ0v) is 30.8. The van der Waals surface area contributed by atoms with E-state index in [4.69, 9.17) is 46.9 Å². The normalized spacial score (nSPS) is 14.3. The largest absolute Gasteiger partial charge is 0.493 e. The molecule has 0 spiro atoms. The quantitative estimate of drug-likeness (QED) is 0.140. The summed E-state index contributed by atoms with van der Waals surface area (Å²) >= 11 is 17.2. The summed E-state index contributed by atoms with van der Waals surface area (Å²) in [5.74, 6) is 1.45. The number of carbonyl (C=O) groups is 1. The highest BCUT2D eigenvalue weighted by atomic mass is 79.9. The zero-order chi connectivity index (χ0) is 34.5. The van der Waals surface area contributed by atoms with E-state index in [1.807, 2.05) is 26.0 Å². The van der Waals surface area contributed by atoms with Crippen molar-refractivity contribution in [1.82, 2.24) is 4.57 Å². The van der Waals surface area contributed by atoms with Crippen molar-refractivity contribution in [2.24, 2.45) is 4.99 Å². The highest BCUT2D eigenvalue weighted by molar-refractivity contribution is 9.10. The van der Waals surface area contributed by atoms with Crippen molar-refractivity contribution in [2.45, 2.75) is 40.3 Å². The van der Waals surface area contributed by atoms with Crippen LogP contribution in [0.3, 0.4) is 0 Å². The number of methoxy groups -OCH3 is 1. The lowest BCUT2D eigenvalue weighted by Gasteiger charge is -2.25. The Balaban J connectivity index is 1.59. The summed E-state index contributed by atoms with van der Waals surface area (Å²) in [4.78, 5) is 32.7. The van der Waals surface area contributed by atoms with Crippen LogP contribution in [0.5, 0.6) is 23.0 Å². The maximum Gasteiger partial charge on any atom is 0.338 e. The molecule has 0 saturated carbocycles. The third-order valence-corrected chi connectivity index (χ3v) is 9.50. The van der Waals surface area contributed by atoms with Gasteiger partial charge in [0.25, 0.3) is 5.56 Å². The molecule has 1 atom stereocenters. The molecule has 1 aliphatic rings. The van der Waals surface area contributed by atoms with Crippen LogP contribution < -0.4 is 33.8 Å². The first-order valence-corrected chi connectivity index (χ1v) is 17.5. The molecule has 4 aromatic rings. The van der Waals surface area contributed by atoms with E-state index in [1.54, 1.807) is 56.3 Å². The highest BCUT2D eigenvalue weighted by Crippen LogP contribution is 2.39. The van der Waals surface area contributed by atoms with Crippen LogP contribution in [0.4, 0.5) is 0 Å². The number of esters is 1. The van der Waals surface area contributed by atoms with Gasteiger partial charge in [-0.2, -0.15) is 0 Å². The van der Waals surface area contributed by atoms with E-state index in [-0.39, 0.29) is 24.3 Å². The average molecular weight is 777 g/mol. The molecule has 13 heteroatoms. The molecule has 5 rings (SSSR count). The van der Waals surface area contributed by atoms with Gasteiger partial charge in [0, 0.05) is 15.6 Å². The molecule has 1 aliphatic heterocycles. The van der Waals surface area contributed by atoms with Crippen LogP contribution in [0.25, 0.3) is 6.08 Å². The van der Waals surface area contributed by atoms with Crippen LogP contribution >= 0.6 is 50.5 Å². The average Bonchev–Trinajstić information content (AvgIpc) is 3.35. The number of ether oxygens (including phenoxy) is 5.